The number of hydrogen-bond acceptors (Lipinski definition) is 9. The number of carboxylic acid groups (broad SMARTS) is 1. The number of fused-ring (bicyclic) bond motifs is 1. The highest BCUT2D eigenvalue weighted by Crippen LogP contribution is 2.26. The van der Waals surface area contributed by atoms with Gasteiger partial charge in [-0.25, -0.2) is 9.59 Å². The van der Waals surface area contributed by atoms with Gasteiger partial charge < -0.3 is 34.3 Å². The number of ether oxygens (including phenoxy) is 2. The summed E-state index contributed by atoms with van der Waals surface area (Å²) in [6, 6.07) is 24.3. The molecule has 0 fully saturated rings. The van der Waals surface area contributed by atoms with Crippen molar-refractivity contribution in [2.24, 2.45) is 5.92 Å². The van der Waals surface area contributed by atoms with Crippen LogP contribution in [0.5, 0.6) is 0 Å². The second kappa shape index (κ2) is 18.0. The van der Waals surface area contributed by atoms with E-state index in [2.05, 4.69) is 5.32 Å². The number of carbonyl (C=O) groups excluding carboxylic acids is 4. The Morgan fingerprint density at radius 3 is 2.24 bits per heavy atom. The fourth-order valence-corrected chi connectivity index (χ4v) is 5.40. The maximum absolute atomic E-state index is 14.2. The predicted molar refractivity (Wildman–Crippen MR) is 189 cm³/mol. The number of carboxylic acids is 1. The average molecular weight is 697 g/mol. The van der Waals surface area contributed by atoms with E-state index in [1.165, 1.54) is 24.0 Å². The third-order valence-corrected chi connectivity index (χ3v) is 8.00. The third-order valence-electron chi connectivity index (χ3n) is 8.00. The van der Waals surface area contributed by atoms with E-state index in [0.29, 0.717) is 17.0 Å². The van der Waals surface area contributed by atoms with Gasteiger partial charge in [0.15, 0.2) is 11.5 Å². The van der Waals surface area contributed by atoms with Crippen LogP contribution < -0.4 is 5.32 Å². The SMILES string of the molecule is CCOC(=O)/C=C/C(Cc1ccc(C(=O)Nc2ccccc2)o1)C(C)N(Cc1ccc2ccccc2c1)C(=O)C(O)=C(CC(=O)O)C(=O)OCC. The molecule has 4 aromatic rings. The second-order valence-corrected chi connectivity index (χ2v) is 11.5. The Kier molecular flexibility index (Phi) is 13.3. The van der Waals surface area contributed by atoms with Crippen molar-refractivity contribution in [1.29, 1.82) is 0 Å². The molecule has 0 aliphatic carbocycles. The molecule has 0 aliphatic heterocycles. The molecule has 1 heterocycles. The van der Waals surface area contributed by atoms with Crippen molar-refractivity contribution in [3.8, 4) is 0 Å². The number of carbonyl (C=O) groups is 5. The number of para-hydroxylation sites is 1. The minimum atomic E-state index is -1.45. The van der Waals surface area contributed by atoms with Gasteiger partial charge >= 0.3 is 17.9 Å². The van der Waals surface area contributed by atoms with Crippen molar-refractivity contribution in [3.63, 3.8) is 0 Å². The molecule has 0 saturated heterocycles. The molecule has 12 nitrogen and oxygen atoms in total. The number of amides is 2. The molecular formula is C39H40N2O10. The smallest absolute Gasteiger partial charge is 0.338 e. The van der Waals surface area contributed by atoms with Gasteiger partial charge in [0, 0.05) is 36.7 Å². The van der Waals surface area contributed by atoms with Crippen LogP contribution in [0.15, 0.2) is 113 Å². The number of aliphatic carboxylic acids is 1. The van der Waals surface area contributed by atoms with Crippen LogP contribution in [0.1, 0.15) is 49.1 Å². The summed E-state index contributed by atoms with van der Waals surface area (Å²) in [4.78, 5) is 65.2. The number of esters is 2. The van der Waals surface area contributed by atoms with Crippen LogP contribution in [0, 0.1) is 5.92 Å². The first-order valence-corrected chi connectivity index (χ1v) is 16.4. The molecule has 2 unspecified atom stereocenters. The Balaban J connectivity index is 1.74. The number of rotatable bonds is 16. The Morgan fingerprint density at radius 1 is 0.863 bits per heavy atom. The normalized spacial score (nSPS) is 12.8. The van der Waals surface area contributed by atoms with Crippen molar-refractivity contribution in [3.05, 3.63) is 125 Å². The topological polar surface area (TPSA) is 173 Å². The summed E-state index contributed by atoms with van der Waals surface area (Å²) in [5, 5.41) is 25.3. The zero-order valence-corrected chi connectivity index (χ0v) is 28.5. The summed E-state index contributed by atoms with van der Waals surface area (Å²) < 4.78 is 15.9. The van der Waals surface area contributed by atoms with Gasteiger partial charge in [0.1, 0.15) is 5.76 Å². The van der Waals surface area contributed by atoms with Crippen LogP contribution in [0.25, 0.3) is 10.8 Å². The number of benzene rings is 3. The van der Waals surface area contributed by atoms with E-state index < -0.39 is 59.4 Å². The maximum atomic E-state index is 14.2. The number of anilines is 1. The van der Waals surface area contributed by atoms with Crippen LogP contribution in [-0.2, 0) is 41.6 Å². The first-order chi connectivity index (χ1) is 24.5. The van der Waals surface area contributed by atoms with Gasteiger partial charge in [0.05, 0.1) is 25.2 Å². The number of nitrogens with one attached hydrogen (secondary N) is 1. The predicted octanol–water partition coefficient (Wildman–Crippen LogP) is 6.23. The summed E-state index contributed by atoms with van der Waals surface area (Å²) in [6.45, 7) is 4.79. The van der Waals surface area contributed by atoms with Crippen LogP contribution in [0.3, 0.4) is 0 Å². The van der Waals surface area contributed by atoms with Gasteiger partial charge in [-0.1, -0.05) is 60.7 Å². The lowest BCUT2D eigenvalue weighted by molar-refractivity contribution is -0.143. The second-order valence-electron chi connectivity index (χ2n) is 11.5. The van der Waals surface area contributed by atoms with E-state index in [4.69, 9.17) is 13.9 Å². The fourth-order valence-electron chi connectivity index (χ4n) is 5.40. The van der Waals surface area contributed by atoms with Crippen LogP contribution in [0.2, 0.25) is 0 Å². The summed E-state index contributed by atoms with van der Waals surface area (Å²) in [6.07, 6.45) is 1.89. The summed E-state index contributed by atoms with van der Waals surface area (Å²) in [5.41, 5.74) is 0.539. The van der Waals surface area contributed by atoms with E-state index >= 15 is 0 Å². The monoisotopic (exact) mass is 696 g/mol. The summed E-state index contributed by atoms with van der Waals surface area (Å²) in [5.74, 6) is -6.10. The first-order valence-electron chi connectivity index (χ1n) is 16.4. The van der Waals surface area contributed by atoms with Gasteiger partial charge in [0.2, 0.25) is 0 Å². The quantitative estimate of drug-likeness (QED) is 0.0693. The average Bonchev–Trinajstić information content (AvgIpc) is 3.60. The highest BCUT2D eigenvalue weighted by atomic mass is 16.5. The Morgan fingerprint density at radius 2 is 1.55 bits per heavy atom. The van der Waals surface area contributed by atoms with Gasteiger partial charge in [-0.2, -0.15) is 0 Å². The molecule has 51 heavy (non-hydrogen) atoms. The molecule has 3 N–H and O–H groups in total. The molecule has 12 heteroatoms. The summed E-state index contributed by atoms with van der Waals surface area (Å²) >= 11 is 0. The number of aliphatic hydroxyl groups excluding tert-OH is 1. The highest BCUT2D eigenvalue weighted by Gasteiger charge is 2.33. The molecule has 2 amide bonds. The van der Waals surface area contributed by atoms with Gasteiger partial charge in [-0.15, -0.1) is 0 Å². The molecule has 0 bridgehead atoms. The molecule has 3 aromatic carbocycles. The van der Waals surface area contributed by atoms with E-state index in [1.807, 2.05) is 48.5 Å². The lowest BCUT2D eigenvalue weighted by Gasteiger charge is -2.34. The molecule has 0 radical (unpaired) electrons. The van der Waals surface area contributed by atoms with Gasteiger partial charge in [-0.05, 0) is 67.4 Å². The molecule has 0 saturated carbocycles. The van der Waals surface area contributed by atoms with Crippen LogP contribution in [-0.4, -0.2) is 64.1 Å². The standard InChI is InChI=1S/C39H40N2O10/c1-4-49-35(44)20-17-28(22-31-18-19-33(51-31)37(46)40-30-13-7-6-8-14-30)25(3)41(24-26-15-16-27-11-9-10-12-29(27)21-26)38(47)36(45)32(23-34(42)43)39(48)50-5-2/h6-21,25,28,45H,4-5,22-24H2,1-3H3,(H,40,46)(H,42,43)/b20-17+,36-32?. The summed E-state index contributed by atoms with van der Waals surface area (Å²) in [7, 11) is 0. The van der Waals surface area contributed by atoms with Gasteiger partial charge in [-0.3, -0.25) is 14.4 Å². The van der Waals surface area contributed by atoms with E-state index in [1.54, 1.807) is 50.3 Å². The zero-order valence-electron chi connectivity index (χ0n) is 28.5. The lowest BCUT2D eigenvalue weighted by atomic mass is 9.93. The van der Waals surface area contributed by atoms with E-state index in [-0.39, 0.29) is 31.9 Å². The molecule has 2 atom stereocenters. The Labute approximate surface area is 295 Å². The van der Waals surface area contributed by atoms with Crippen LogP contribution >= 0.6 is 0 Å². The van der Waals surface area contributed by atoms with E-state index in [9.17, 15) is 34.2 Å². The molecule has 0 aliphatic rings. The largest absolute Gasteiger partial charge is 0.503 e. The minimum absolute atomic E-state index is 0.0343. The number of aliphatic hydroxyl groups is 1. The lowest BCUT2D eigenvalue weighted by Crippen LogP contribution is -2.44. The molecular weight excluding hydrogens is 656 g/mol. The zero-order chi connectivity index (χ0) is 36.9. The van der Waals surface area contributed by atoms with Crippen molar-refractivity contribution >= 4 is 46.2 Å². The minimum Gasteiger partial charge on any atom is -0.503 e. The number of nitrogens with zero attached hydrogens (tertiary/aromatic N) is 1. The molecule has 1 aromatic heterocycles. The Hall–Kier alpha value is -6.17. The highest BCUT2D eigenvalue weighted by molar-refractivity contribution is 6.03. The fraction of sp³-hybridized carbons (Fsp3) is 0.256. The molecule has 0 spiro atoms. The van der Waals surface area contributed by atoms with Gasteiger partial charge in [0.25, 0.3) is 11.8 Å². The van der Waals surface area contributed by atoms with E-state index in [0.717, 1.165) is 10.8 Å². The number of hydrogen-bond donors (Lipinski definition) is 3. The maximum Gasteiger partial charge on any atom is 0.338 e. The van der Waals surface area contributed by atoms with Crippen molar-refractivity contribution < 1.29 is 48.1 Å². The molecule has 4 rings (SSSR count). The third kappa shape index (κ3) is 10.4. The molecule has 266 valence electrons. The first kappa shape index (κ1) is 37.6. The van der Waals surface area contributed by atoms with Crippen molar-refractivity contribution in [2.75, 3.05) is 18.5 Å². The Bertz CT molecular complexity index is 1930. The van der Waals surface area contributed by atoms with Crippen molar-refractivity contribution in [1.82, 2.24) is 4.90 Å². The van der Waals surface area contributed by atoms with Crippen LogP contribution in [0.4, 0.5) is 5.69 Å². The number of furan rings is 1. The van der Waals surface area contributed by atoms with Crippen molar-refractivity contribution in [2.45, 2.75) is 46.2 Å².